The molecule has 4 nitrogen and oxygen atoms in total. The molecular weight excluding hydrogens is 608 g/mol. The number of ether oxygens (including phenoxy) is 1. The molecule has 0 saturated carbocycles. The first-order valence-corrected chi connectivity index (χ1v) is 12.2. The average Bonchev–Trinajstić information content (AvgIpc) is 3.03. The molecule has 1 aliphatic rings. The predicted molar refractivity (Wildman–Crippen MR) is 136 cm³/mol. The minimum atomic E-state index is -0.300. The highest BCUT2D eigenvalue weighted by atomic mass is 127. The largest absolute Gasteiger partial charge is 0.488 e. The van der Waals surface area contributed by atoms with Crippen LogP contribution in [0.3, 0.4) is 0 Å². The van der Waals surface area contributed by atoms with Gasteiger partial charge in [0.05, 0.1) is 15.9 Å². The zero-order valence-corrected chi connectivity index (χ0v) is 21.1. The first kappa shape index (κ1) is 23.0. The summed E-state index contributed by atoms with van der Waals surface area (Å²) in [5.74, 6) is 0.0341. The van der Waals surface area contributed by atoms with Crippen molar-refractivity contribution in [3.05, 3.63) is 102 Å². The van der Waals surface area contributed by atoms with E-state index in [0.29, 0.717) is 21.7 Å². The lowest BCUT2D eigenvalue weighted by Gasteiger charge is -2.12. The Kier molecular flexibility index (Phi) is 7.32. The highest BCUT2D eigenvalue weighted by molar-refractivity contribution is 14.1. The van der Waals surface area contributed by atoms with Crippen molar-refractivity contribution in [2.24, 2.45) is 0 Å². The van der Waals surface area contributed by atoms with Crippen LogP contribution < -0.4 is 4.74 Å². The van der Waals surface area contributed by atoms with Crippen LogP contribution >= 0.6 is 50.3 Å². The Bertz CT molecular complexity index is 1200. The second kappa shape index (κ2) is 10.2. The van der Waals surface area contributed by atoms with Crippen LogP contribution in [0.15, 0.2) is 76.1 Å². The highest BCUT2D eigenvalue weighted by Crippen LogP contribution is 2.35. The maximum atomic E-state index is 13.0. The fourth-order valence-corrected chi connectivity index (χ4v) is 4.73. The normalized spacial score (nSPS) is 15.0. The molecule has 0 unspecified atom stereocenters. The summed E-state index contributed by atoms with van der Waals surface area (Å²) in [6.45, 7) is 0.550. The predicted octanol–water partition coefficient (Wildman–Crippen LogP) is 7.01. The van der Waals surface area contributed by atoms with E-state index in [2.05, 4.69) is 38.5 Å². The van der Waals surface area contributed by atoms with E-state index in [1.807, 2.05) is 36.4 Å². The summed E-state index contributed by atoms with van der Waals surface area (Å²) in [6.07, 6.45) is 1.70. The van der Waals surface area contributed by atoms with Crippen LogP contribution in [0.1, 0.15) is 16.7 Å². The molecule has 1 aliphatic heterocycles. The first-order valence-electron chi connectivity index (χ1n) is 9.55. The van der Waals surface area contributed by atoms with Crippen LogP contribution in [0.4, 0.5) is 9.18 Å². The van der Waals surface area contributed by atoms with Gasteiger partial charge in [0.1, 0.15) is 18.2 Å². The van der Waals surface area contributed by atoms with Crippen LogP contribution in [-0.2, 0) is 17.9 Å². The molecule has 0 radical (unpaired) electrons. The number of thioether (sulfide) groups is 1. The Hall–Kier alpha value is -2.17. The third-order valence-corrected chi connectivity index (χ3v) is 6.94. The molecule has 0 spiro atoms. The van der Waals surface area contributed by atoms with Gasteiger partial charge in [0.25, 0.3) is 11.1 Å². The van der Waals surface area contributed by atoms with Crippen LogP contribution in [0.2, 0.25) is 0 Å². The standard InChI is InChI=1S/C24H16BrFINO3S/c25-20-11-17(5-10-21(20)31-14-16-1-6-18(26)7-2-16)12-22-23(29)28(24(30)32-22)13-15-3-8-19(27)9-4-15/h1-12H,13-14H2/b22-12-. The van der Waals surface area contributed by atoms with Crippen LogP contribution in [-0.4, -0.2) is 16.0 Å². The number of rotatable bonds is 6. The number of amides is 2. The molecule has 1 fully saturated rings. The molecule has 4 rings (SSSR count). The zero-order valence-electron chi connectivity index (χ0n) is 16.6. The zero-order chi connectivity index (χ0) is 22.7. The summed E-state index contributed by atoms with van der Waals surface area (Å²) in [4.78, 5) is 26.8. The number of hydrogen-bond acceptors (Lipinski definition) is 4. The molecule has 3 aromatic carbocycles. The van der Waals surface area contributed by atoms with Crippen molar-refractivity contribution in [1.29, 1.82) is 0 Å². The van der Waals surface area contributed by atoms with Gasteiger partial charge in [0.2, 0.25) is 0 Å². The quantitative estimate of drug-likeness (QED) is 0.219. The highest BCUT2D eigenvalue weighted by Gasteiger charge is 2.35. The van der Waals surface area contributed by atoms with Crippen molar-refractivity contribution < 1.29 is 18.7 Å². The average molecular weight is 624 g/mol. The molecule has 3 aromatic rings. The van der Waals surface area contributed by atoms with Gasteiger partial charge in [-0.15, -0.1) is 0 Å². The third-order valence-electron chi connectivity index (χ3n) is 4.69. The smallest absolute Gasteiger partial charge is 0.293 e. The molecule has 162 valence electrons. The number of carbonyl (C=O) groups is 2. The molecular formula is C24H16BrFINO3S. The SMILES string of the molecule is O=C1S/C(=C\c2ccc(OCc3ccc(F)cc3)c(Br)c2)C(=O)N1Cc1ccc(I)cc1. The topological polar surface area (TPSA) is 46.6 Å². The van der Waals surface area contributed by atoms with E-state index in [0.717, 1.165) is 32.0 Å². The Balaban J connectivity index is 1.44. The van der Waals surface area contributed by atoms with Gasteiger partial charge in [-0.1, -0.05) is 30.3 Å². The Morgan fingerprint density at radius 1 is 1.00 bits per heavy atom. The van der Waals surface area contributed by atoms with E-state index < -0.39 is 0 Å². The van der Waals surface area contributed by atoms with Gasteiger partial charge in [-0.2, -0.15) is 0 Å². The van der Waals surface area contributed by atoms with E-state index in [1.54, 1.807) is 24.3 Å². The number of nitrogens with zero attached hydrogens (tertiary/aromatic N) is 1. The summed E-state index contributed by atoms with van der Waals surface area (Å²) in [7, 11) is 0. The summed E-state index contributed by atoms with van der Waals surface area (Å²) in [5.41, 5.74) is 2.52. The van der Waals surface area contributed by atoms with Gasteiger partial charge in [0, 0.05) is 3.57 Å². The molecule has 1 saturated heterocycles. The minimum absolute atomic E-state index is 0.249. The Morgan fingerprint density at radius 2 is 1.69 bits per heavy atom. The van der Waals surface area contributed by atoms with Crippen LogP contribution in [0.5, 0.6) is 5.75 Å². The second-order valence-electron chi connectivity index (χ2n) is 7.00. The molecule has 2 amide bonds. The van der Waals surface area contributed by atoms with Crippen molar-refractivity contribution in [2.45, 2.75) is 13.2 Å². The second-order valence-corrected chi connectivity index (χ2v) is 10.1. The van der Waals surface area contributed by atoms with E-state index in [4.69, 9.17) is 4.74 Å². The van der Waals surface area contributed by atoms with Crippen LogP contribution in [0.25, 0.3) is 6.08 Å². The summed E-state index contributed by atoms with van der Waals surface area (Å²) < 4.78 is 20.6. The molecule has 32 heavy (non-hydrogen) atoms. The molecule has 8 heteroatoms. The van der Waals surface area contributed by atoms with Gasteiger partial charge in [-0.3, -0.25) is 14.5 Å². The summed E-state index contributed by atoms with van der Waals surface area (Å²) in [6, 6.07) is 19.3. The number of carbonyl (C=O) groups excluding carboxylic acids is 2. The number of halogens is 3. The summed E-state index contributed by atoms with van der Waals surface area (Å²) in [5, 5.41) is -0.280. The van der Waals surface area contributed by atoms with Crippen molar-refractivity contribution in [2.75, 3.05) is 0 Å². The molecule has 0 aliphatic carbocycles. The summed E-state index contributed by atoms with van der Waals surface area (Å²) >= 11 is 6.64. The van der Waals surface area contributed by atoms with Crippen molar-refractivity contribution in [3.8, 4) is 5.75 Å². The Labute approximate surface area is 211 Å². The van der Waals surface area contributed by atoms with E-state index in [9.17, 15) is 14.0 Å². The van der Waals surface area contributed by atoms with E-state index in [1.165, 1.54) is 17.0 Å². The van der Waals surface area contributed by atoms with Crippen LogP contribution in [0, 0.1) is 9.39 Å². The number of benzene rings is 3. The lowest BCUT2D eigenvalue weighted by molar-refractivity contribution is -0.123. The monoisotopic (exact) mass is 623 g/mol. The third kappa shape index (κ3) is 5.60. The molecule has 0 atom stereocenters. The van der Waals surface area contributed by atoms with Crippen molar-refractivity contribution >= 4 is 67.5 Å². The number of hydrogen-bond donors (Lipinski definition) is 0. The van der Waals surface area contributed by atoms with Gasteiger partial charge >= 0.3 is 0 Å². The fourth-order valence-electron chi connectivity index (χ4n) is 3.03. The van der Waals surface area contributed by atoms with Gasteiger partial charge in [0.15, 0.2) is 0 Å². The first-order chi connectivity index (χ1) is 15.4. The Morgan fingerprint density at radius 3 is 2.38 bits per heavy atom. The maximum absolute atomic E-state index is 13.0. The molecule has 0 N–H and O–H groups in total. The van der Waals surface area contributed by atoms with Crippen molar-refractivity contribution in [3.63, 3.8) is 0 Å². The fraction of sp³-hybridized carbons (Fsp3) is 0.0833. The van der Waals surface area contributed by atoms with Crippen molar-refractivity contribution in [1.82, 2.24) is 4.90 Å². The lowest BCUT2D eigenvalue weighted by atomic mass is 10.2. The number of imide groups is 1. The van der Waals surface area contributed by atoms with Gasteiger partial charge < -0.3 is 4.74 Å². The molecule has 1 heterocycles. The lowest BCUT2D eigenvalue weighted by Crippen LogP contribution is -2.27. The van der Waals surface area contributed by atoms with E-state index >= 15 is 0 Å². The molecule has 0 bridgehead atoms. The molecule has 0 aromatic heterocycles. The van der Waals surface area contributed by atoms with Gasteiger partial charge in [-0.05, 0) is 109 Å². The van der Waals surface area contributed by atoms with Gasteiger partial charge in [-0.25, -0.2) is 4.39 Å². The maximum Gasteiger partial charge on any atom is 0.293 e. The van der Waals surface area contributed by atoms with E-state index in [-0.39, 0.29) is 23.5 Å². The minimum Gasteiger partial charge on any atom is -0.488 e.